The van der Waals surface area contributed by atoms with Gasteiger partial charge in [-0.3, -0.25) is 4.98 Å². The molecule has 0 spiro atoms. The van der Waals surface area contributed by atoms with Crippen molar-refractivity contribution >= 4 is 34.2 Å². The molecular formula is C23H20N8O. The minimum Gasteiger partial charge on any atom is -0.384 e. The van der Waals surface area contributed by atoms with Gasteiger partial charge in [0.15, 0.2) is 0 Å². The molecule has 0 saturated carbocycles. The normalized spacial score (nSPS) is 13.7. The van der Waals surface area contributed by atoms with E-state index in [1.807, 2.05) is 30.3 Å². The summed E-state index contributed by atoms with van der Waals surface area (Å²) >= 11 is 0. The van der Waals surface area contributed by atoms with Gasteiger partial charge in [0.1, 0.15) is 17.7 Å². The van der Waals surface area contributed by atoms with Gasteiger partial charge in [-0.05, 0) is 18.2 Å². The van der Waals surface area contributed by atoms with E-state index in [-0.39, 0.29) is 5.82 Å². The van der Waals surface area contributed by atoms with E-state index in [0.29, 0.717) is 54.9 Å². The SMILES string of the molecule is N#Cc1cc(N)ncc1-c1cc(Nc2cnc3ccccc3c2)nc(N2CCOCC2)n1. The third-order valence-electron chi connectivity index (χ3n) is 5.19. The predicted octanol–water partition coefficient (Wildman–Crippen LogP) is 3.12. The fourth-order valence-corrected chi connectivity index (χ4v) is 3.60. The minimum absolute atomic E-state index is 0.286. The lowest BCUT2D eigenvalue weighted by molar-refractivity contribution is 0.122. The van der Waals surface area contributed by atoms with E-state index >= 15 is 0 Å². The molecule has 0 bridgehead atoms. The second-order valence-corrected chi connectivity index (χ2v) is 7.35. The first kappa shape index (κ1) is 19.7. The number of para-hydroxylation sites is 1. The van der Waals surface area contributed by atoms with Crippen LogP contribution in [0.25, 0.3) is 22.2 Å². The van der Waals surface area contributed by atoms with Crippen molar-refractivity contribution in [2.45, 2.75) is 0 Å². The molecule has 158 valence electrons. The summed E-state index contributed by atoms with van der Waals surface area (Å²) in [5.74, 6) is 1.44. The lowest BCUT2D eigenvalue weighted by Gasteiger charge is -2.27. The highest BCUT2D eigenvalue weighted by molar-refractivity contribution is 5.82. The van der Waals surface area contributed by atoms with Crippen LogP contribution in [0.15, 0.2) is 54.9 Å². The Morgan fingerprint density at radius 2 is 1.88 bits per heavy atom. The van der Waals surface area contributed by atoms with Gasteiger partial charge >= 0.3 is 0 Å². The first-order chi connectivity index (χ1) is 15.7. The van der Waals surface area contributed by atoms with Crippen LogP contribution in [0.3, 0.4) is 0 Å². The zero-order chi connectivity index (χ0) is 21.9. The number of benzene rings is 1. The van der Waals surface area contributed by atoms with Gasteiger partial charge in [0, 0.05) is 36.3 Å². The molecule has 32 heavy (non-hydrogen) atoms. The van der Waals surface area contributed by atoms with E-state index in [0.717, 1.165) is 16.6 Å². The summed E-state index contributed by atoms with van der Waals surface area (Å²) in [7, 11) is 0. The lowest BCUT2D eigenvalue weighted by Crippen LogP contribution is -2.37. The lowest BCUT2D eigenvalue weighted by atomic mass is 10.1. The average molecular weight is 424 g/mol. The maximum absolute atomic E-state index is 9.60. The van der Waals surface area contributed by atoms with E-state index in [9.17, 15) is 5.26 Å². The van der Waals surface area contributed by atoms with Gasteiger partial charge in [-0.1, -0.05) is 18.2 Å². The highest BCUT2D eigenvalue weighted by Crippen LogP contribution is 2.28. The maximum Gasteiger partial charge on any atom is 0.228 e. The number of rotatable bonds is 4. The van der Waals surface area contributed by atoms with Crippen molar-refractivity contribution in [2.24, 2.45) is 0 Å². The zero-order valence-electron chi connectivity index (χ0n) is 17.2. The summed E-state index contributed by atoms with van der Waals surface area (Å²) in [4.78, 5) is 20.2. The number of anilines is 4. The number of nitrogen functional groups attached to an aromatic ring is 1. The van der Waals surface area contributed by atoms with E-state index in [4.69, 9.17) is 20.4 Å². The van der Waals surface area contributed by atoms with E-state index in [1.54, 1.807) is 24.5 Å². The Hall–Kier alpha value is -4.29. The van der Waals surface area contributed by atoms with Gasteiger partial charge in [0.25, 0.3) is 0 Å². The molecule has 4 heterocycles. The minimum atomic E-state index is 0.286. The van der Waals surface area contributed by atoms with Crippen molar-refractivity contribution in [3.05, 3.63) is 60.4 Å². The van der Waals surface area contributed by atoms with Crippen LogP contribution in [0, 0.1) is 11.3 Å². The number of pyridine rings is 2. The highest BCUT2D eigenvalue weighted by atomic mass is 16.5. The Kier molecular flexibility index (Phi) is 5.19. The van der Waals surface area contributed by atoms with Crippen LogP contribution in [-0.2, 0) is 4.74 Å². The highest BCUT2D eigenvalue weighted by Gasteiger charge is 2.18. The Morgan fingerprint density at radius 1 is 1.03 bits per heavy atom. The summed E-state index contributed by atoms with van der Waals surface area (Å²) in [5.41, 5.74) is 9.08. The summed E-state index contributed by atoms with van der Waals surface area (Å²) in [6.07, 6.45) is 3.34. The second kappa shape index (κ2) is 8.45. The second-order valence-electron chi connectivity index (χ2n) is 7.35. The Bertz CT molecular complexity index is 1330. The van der Waals surface area contributed by atoms with Crippen molar-refractivity contribution in [3.8, 4) is 17.3 Å². The monoisotopic (exact) mass is 424 g/mol. The number of morpholine rings is 1. The summed E-state index contributed by atoms with van der Waals surface area (Å²) < 4.78 is 5.46. The molecule has 0 atom stereocenters. The molecule has 9 nitrogen and oxygen atoms in total. The number of ether oxygens (including phenoxy) is 1. The van der Waals surface area contributed by atoms with Crippen LogP contribution in [-0.4, -0.2) is 46.2 Å². The fraction of sp³-hybridized carbons (Fsp3) is 0.174. The number of hydrogen-bond acceptors (Lipinski definition) is 9. The topological polar surface area (TPSA) is 126 Å². The van der Waals surface area contributed by atoms with Crippen LogP contribution in [0.1, 0.15) is 5.56 Å². The molecule has 1 aromatic carbocycles. The molecular weight excluding hydrogens is 404 g/mol. The Balaban J connectivity index is 1.58. The van der Waals surface area contributed by atoms with E-state index in [1.165, 1.54) is 0 Å². The Labute approximate surface area is 184 Å². The fourth-order valence-electron chi connectivity index (χ4n) is 3.60. The third kappa shape index (κ3) is 3.99. The molecule has 1 aliphatic rings. The van der Waals surface area contributed by atoms with Crippen LogP contribution >= 0.6 is 0 Å². The summed E-state index contributed by atoms with van der Waals surface area (Å²) in [6.45, 7) is 2.59. The smallest absolute Gasteiger partial charge is 0.228 e. The molecule has 0 unspecified atom stereocenters. The van der Waals surface area contributed by atoms with Gasteiger partial charge in [-0.2, -0.15) is 10.2 Å². The predicted molar refractivity (Wildman–Crippen MR) is 122 cm³/mol. The van der Waals surface area contributed by atoms with Crippen LogP contribution in [0.5, 0.6) is 0 Å². The first-order valence-corrected chi connectivity index (χ1v) is 10.2. The number of hydrogen-bond donors (Lipinski definition) is 2. The van der Waals surface area contributed by atoms with Crippen LogP contribution < -0.4 is 16.0 Å². The van der Waals surface area contributed by atoms with E-state index < -0.39 is 0 Å². The maximum atomic E-state index is 9.60. The molecule has 0 amide bonds. The molecule has 3 aromatic heterocycles. The number of aromatic nitrogens is 4. The van der Waals surface area contributed by atoms with E-state index in [2.05, 4.69) is 26.3 Å². The largest absolute Gasteiger partial charge is 0.384 e. The van der Waals surface area contributed by atoms with Gasteiger partial charge in [0.05, 0.1) is 41.9 Å². The molecule has 5 rings (SSSR count). The summed E-state index contributed by atoms with van der Waals surface area (Å²) in [6, 6.07) is 15.5. The van der Waals surface area contributed by atoms with Crippen molar-refractivity contribution < 1.29 is 4.74 Å². The number of fused-ring (bicyclic) bond motifs is 1. The molecule has 1 saturated heterocycles. The van der Waals surface area contributed by atoms with Crippen molar-refractivity contribution in [2.75, 3.05) is 42.3 Å². The quantitative estimate of drug-likeness (QED) is 0.508. The average Bonchev–Trinajstić information content (AvgIpc) is 2.84. The van der Waals surface area contributed by atoms with Gasteiger partial charge < -0.3 is 20.7 Å². The molecule has 3 N–H and O–H groups in total. The number of nitriles is 1. The third-order valence-corrected chi connectivity index (χ3v) is 5.19. The number of nitrogens with two attached hydrogens (primary N) is 1. The van der Waals surface area contributed by atoms with Gasteiger partial charge in [-0.25, -0.2) is 9.97 Å². The first-order valence-electron chi connectivity index (χ1n) is 10.2. The number of nitrogens with one attached hydrogen (secondary N) is 1. The molecule has 1 fully saturated rings. The van der Waals surface area contributed by atoms with Crippen LogP contribution in [0.4, 0.5) is 23.3 Å². The summed E-state index contributed by atoms with van der Waals surface area (Å²) in [5, 5.41) is 14.0. The Morgan fingerprint density at radius 3 is 2.72 bits per heavy atom. The molecule has 1 aliphatic heterocycles. The standard InChI is InChI=1S/C23H20N8O/c24-12-16-10-21(25)27-14-18(16)20-11-22(30-23(29-20)31-5-7-32-8-6-31)28-17-9-15-3-1-2-4-19(15)26-13-17/h1-4,9-11,13-14H,5-8H2,(H2,25,27)(H,28,29,30). The molecule has 0 radical (unpaired) electrons. The van der Waals surface area contributed by atoms with Crippen molar-refractivity contribution in [1.82, 2.24) is 19.9 Å². The molecule has 4 aromatic rings. The van der Waals surface area contributed by atoms with Crippen molar-refractivity contribution in [3.63, 3.8) is 0 Å². The zero-order valence-corrected chi connectivity index (χ0v) is 17.2. The van der Waals surface area contributed by atoms with Gasteiger partial charge in [-0.15, -0.1) is 0 Å². The van der Waals surface area contributed by atoms with Crippen LogP contribution in [0.2, 0.25) is 0 Å². The molecule has 0 aliphatic carbocycles. The number of nitrogens with zero attached hydrogens (tertiary/aromatic N) is 6. The van der Waals surface area contributed by atoms with Gasteiger partial charge in [0.2, 0.25) is 5.95 Å². The van der Waals surface area contributed by atoms with Crippen molar-refractivity contribution in [1.29, 1.82) is 5.26 Å². The molecule has 9 heteroatoms.